The number of carbonyl (C=O) groups excluding carboxylic acids is 1. The van der Waals surface area contributed by atoms with Crippen molar-refractivity contribution in [2.45, 2.75) is 30.8 Å². The van der Waals surface area contributed by atoms with Crippen molar-refractivity contribution < 1.29 is 13.2 Å². The molecule has 0 saturated carbocycles. The molecule has 31 heavy (non-hydrogen) atoms. The Morgan fingerprint density at radius 3 is 2.35 bits per heavy atom. The number of piperazine rings is 1. The van der Waals surface area contributed by atoms with E-state index < -0.39 is 10.0 Å². The van der Waals surface area contributed by atoms with Crippen molar-refractivity contribution in [2.75, 3.05) is 17.8 Å². The van der Waals surface area contributed by atoms with Gasteiger partial charge in [-0.1, -0.05) is 18.2 Å². The Hall–Kier alpha value is -2.24. The van der Waals surface area contributed by atoms with Crippen LogP contribution in [0.1, 0.15) is 24.2 Å². The lowest BCUT2D eigenvalue weighted by Crippen LogP contribution is -2.56. The highest BCUT2D eigenvalue weighted by molar-refractivity contribution is 14.1. The maximum absolute atomic E-state index is 13.0. The number of benzene rings is 2. The van der Waals surface area contributed by atoms with Crippen LogP contribution in [0.2, 0.25) is 0 Å². The topological polar surface area (TPSA) is 82.6 Å². The highest BCUT2D eigenvalue weighted by atomic mass is 127. The van der Waals surface area contributed by atoms with Crippen LogP contribution in [0.4, 0.5) is 5.69 Å². The minimum atomic E-state index is -3.83. The predicted molar refractivity (Wildman–Crippen MR) is 130 cm³/mol. The number of fused-ring (bicyclic) bond motifs is 1. The van der Waals surface area contributed by atoms with Gasteiger partial charge in [0.05, 0.1) is 5.52 Å². The maximum atomic E-state index is 13.0. The zero-order chi connectivity index (χ0) is 22.2. The molecule has 2 unspecified atom stereocenters. The molecule has 0 bridgehead atoms. The number of hydrogen-bond donors (Lipinski definition) is 1. The first-order chi connectivity index (χ1) is 14.8. The molecule has 9 heteroatoms. The number of anilines is 1. The van der Waals surface area contributed by atoms with Crippen LogP contribution in [-0.4, -0.2) is 52.5 Å². The fraction of sp³-hybridized carbons (Fsp3) is 0.273. The third-order valence-electron chi connectivity index (χ3n) is 5.38. The minimum Gasteiger partial charge on any atom is -0.331 e. The van der Waals surface area contributed by atoms with Gasteiger partial charge in [0.1, 0.15) is 4.90 Å². The summed E-state index contributed by atoms with van der Waals surface area (Å²) in [6.45, 7) is 5.71. The number of aromatic nitrogens is 1. The van der Waals surface area contributed by atoms with Crippen LogP contribution in [0.25, 0.3) is 10.9 Å². The van der Waals surface area contributed by atoms with Crippen LogP contribution in [-0.2, 0) is 10.0 Å². The molecule has 1 aliphatic heterocycles. The molecule has 162 valence electrons. The van der Waals surface area contributed by atoms with Gasteiger partial charge in [0, 0.05) is 70.9 Å². The number of para-hydroxylation sites is 1. The van der Waals surface area contributed by atoms with E-state index in [1.807, 2.05) is 30.9 Å². The van der Waals surface area contributed by atoms with E-state index in [9.17, 15) is 13.2 Å². The van der Waals surface area contributed by atoms with Gasteiger partial charge in [-0.25, -0.2) is 11.5 Å². The van der Waals surface area contributed by atoms with Crippen molar-refractivity contribution in [3.05, 3.63) is 66.4 Å². The van der Waals surface area contributed by atoms with Crippen molar-refractivity contribution in [1.82, 2.24) is 13.0 Å². The van der Waals surface area contributed by atoms with Gasteiger partial charge in [-0.3, -0.25) is 14.5 Å². The number of carbonyl (C=O) groups is 1. The number of sulfonamides is 1. The van der Waals surface area contributed by atoms with Crippen molar-refractivity contribution >= 4 is 55.4 Å². The van der Waals surface area contributed by atoms with E-state index in [1.165, 1.54) is 6.07 Å². The standard InChI is InChI=1S/C22H23IN4O3S/c1-15-13-26(23)14-16(2)27(15)22(28)18-8-10-19(11-9-18)25-31(29,30)20-7-3-5-17-6-4-12-24-21(17)20/h3-12,15-16,25H,13-14H2,1-2H3. The zero-order valence-electron chi connectivity index (χ0n) is 17.2. The maximum Gasteiger partial charge on any atom is 0.264 e. The first kappa shape index (κ1) is 22.0. The summed E-state index contributed by atoms with van der Waals surface area (Å²) in [5.74, 6) is -0.0443. The fourth-order valence-electron chi connectivity index (χ4n) is 3.99. The SMILES string of the molecule is CC1CN(I)CC(C)N1C(=O)c1ccc(NS(=O)(=O)c2cccc3cccnc23)cc1. The minimum absolute atomic E-state index is 0.0443. The van der Waals surface area contributed by atoms with E-state index in [0.717, 1.165) is 18.5 Å². The number of halogens is 1. The average molecular weight is 550 g/mol. The van der Waals surface area contributed by atoms with Crippen LogP contribution >= 0.6 is 22.9 Å². The second-order valence-electron chi connectivity index (χ2n) is 7.75. The molecular weight excluding hydrogens is 527 g/mol. The van der Waals surface area contributed by atoms with Gasteiger partial charge in [-0.05, 0) is 50.2 Å². The molecule has 7 nitrogen and oxygen atoms in total. The largest absolute Gasteiger partial charge is 0.331 e. The van der Waals surface area contributed by atoms with Crippen LogP contribution in [0.5, 0.6) is 0 Å². The molecule has 2 atom stereocenters. The lowest BCUT2D eigenvalue weighted by molar-refractivity contribution is 0.0475. The normalized spacial score (nSPS) is 20.0. The summed E-state index contributed by atoms with van der Waals surface area (Å²) >= 11 is 2.29. The van der Waals surface area contributed by atoms with Gasteiger partial charge < -0.3 is 4.90 Å². The van der Waals surface area contributed by atoms with Crippen LogP contribution < -0.4 is 4.72 Å². The first-order valence-corrected chi connectivity index (χ1v) is 12.4. The molecule has 1 aromatic heterocycles. The van der Waals surface area contributed by atoms with Gasteiger partial charge in [-0.2, -0.15) is 0 Å². The molecule has 0 spiro atoms. The first-order valence-electron chi connectivity index (χ1n) is 9.96. The second kappa shape index (κ2) is 8.71. The van der Waals surface area contributed by atoms with Gasteiger partial charge in [0.25, 0.3) is 15.9 Å². The fourth-order valence-corrected chi connectivity index (χ4v) is 6.37. The van der Waals surface area contributed by atoms with E-state index in [1.54, 1.807) is 42.6 Å². The summed E-state index contributed by atoms with van der Waals surface area (Å²) in [5, 5.41) is 0.751. The summed E-state index contributed by atoms with van der Waals surface area (Å²) in [7, 11) is -3.83. The Bertz CT molecular complexity index is 1200. The molecule has 2 aromatic carbocycles. The van der Waals surface area contributed by atoms with Gasteiger partial charge >= 0.3 is 0 Å². The number of nitrogens with zero attached hydrogens (tertiary/aromatic N) is 3. The summed E-state index contributed by atoms with van der Waals surface area (Å²) in [6.07, 6.45) is 1.57. The lowest BCUT2D eigenvalue weighted by atomic mass is 10.1. The molecule has 1 amide bonds. The Morgan fingerprint density at radius 1 is 1.03 bits per heavy atom. The number of amides is 1. The Labute approximate surface area is 196 Å². The van der Waals surface area contributed by atoms with Crippen LogP contribution in [0.15, 0.2) is 65.7 Å². The van der Waals surface area contributed by atoms with E-state index in [2.05, 4.69) is 35.7 Å². The quantitative estimate of drug-likeness (QED) is 0.394. The highest BCUT2D eigenvalue weighted by Gasteiger charge is 2.32. The third kappa shape index (κ3) is 4.53. The molecular formula is C22H23IN4O3S. The van der Waals surface area contributed by atoms with Gasteiger partial charge in [-0.15, -0.1) is 0 Å². The Morgan fingerprint density at radius 2 is 1.68 bits per heavy atom. The number of rotatable bonds is 4. The number of hydrogen-bond acceptors (Lipinski definition) is 5. The molecule has 3 aromatic rings. The van der Waals surface area contributed by atoms with E-state index in [4.69, 9.17) is 0 Å². The average Bonchev–Trinajstić information content (AvgIpc) is 2.72. The van der Waals surface area contributed by atoms with Crippen LogP contribution in [0.3, 0.4) is 0 Å². The van der Waals surface area contributed by atoms with Gasteiger partial charge in [0.2, 0.25) is 0 Å². The molecule has 2 heterocycles. The third-order valence-corrected chi connectivity index (χ3v) is 7.58. The summed E-state index contributed by atoms with van der Waals surface area (Å²) in [6, 6.07) is 15.4. The predicted octanol–water partition coefficient (Wildman–Crippen LogP) is 3.92. The van der Waals surface area contributed by atoms with E-state index >= 15 is 0 Å². The van der Waals surface area contributed by atoms with E-state index in [-0.39, 0.29) is 22.9 Å². The zero-order valence-corrected chi connectivity index (χ0v) is 20.2. The van der Waals surface area contributed by atoms with Crippen molar-refractivity contribution in [3.8, 4) is 0 Å². The number of pyridine rings is 1. The molecule has 4 rings (SSSR count). The Balaban J connectivity index is 1.55. The molecule has 1 aliphatic rings. The van der Waals surface area contributed by atoms with Gasteiger partial charge in [0.15, 0.2) is 0 Å². The summed E-state index contributed by atoms with van der Waals surface area (Å²) in [4.78, 5) is 19.3. The number of nitrogens with one attached hydrogen (secondary N) is 1. The van der Waals surface area contributed by atoms with Crippen molar-refractivity contribution in [1.29, 1.82) is 0 Å². The lowest BCUT2D eigenvalue weighted by Gasteiger charge is -2.42. The Kier molecular flexibility index (Phi) is 6.18. The van der Waals surface area contributed by atoms with E-state index in [0.29, 0.717) is 16.8 Å². The smallest absolute Gasteiger partial charge is 0.264 e. The molecule has 1 saturated heterocycles. The highest BCUT2D eigenvalue weighted by Crippen LogP contribution is 2.25. The molecule has 0 aliphatic carbocycles. The molecule has 1 fully saturated rings. The summed E-state index contributed by atoms with van der Waals surface area (Å²) < 4.78 is 30.7. The van der Waals surface area contributed by atoms with Crippen LogP contribution in [0, 0.1) is 0 Å². The monoisotopic (exact) mass is 550 g/mol. The van der Waals surface area contributed by atoms with Crippen molar-refractivity contribution in [3.63, 3.8) is 0 Å². The van der Waals surface area contributed by atoms with Crippen molar-refractivity contribution in [2.24, 2.45) is 0 Å². The molecule has 1 N–H and O–H groups in total. The summed E-state index contributed by atoms with van der Waals surface area (Å²) in [5.41, 5.74) is 1.35. The molecule has 0 radical (unpaired) electrons. The second-order valence-corrected chi connectivity index (χ2v) is 10.8.